The van der Waals surface area contributed by atoms with Crippen LogP contribution in [0.4, 0.5) is 0 Å². The Labute approximate surface area is 107 Å². The Balaban J connectivity index is 1.85. The first kappa shape index (κ1) is 11.8. The van der Waals surface area contributed by atoms with Gasteiger partial charge in [-0.25, -0.2) is 0 Å². The highest BCUT2D eigenvalue weighted by Crippen LogP contribution is 2.58. The van der Waals surface area contributed by atoms with Crippen molar-refractivity contribution >= 4 is 0 Å². The minimum Gasteiger partial charge on any atom is -0.490 e. The van der Waals surface area contributed by atoms with Gasteiger partial charge in [-0.15, -0.1) is 0 Å². The molecule has 0 spiro atoms. The van der Waals surface area contributed by atoms with Crippen LogP contribution in [0, 0.1) is 5.41 Å². The molecular formula is C14H19NO3. The Morgan fingerprint density at radius 3 is 2.72 bits per heavy atom. The Morgan fingerprint density at radius 1 is 1.28 bits per heavy atom. The number of fused-ring (bicyclic) bond motifs is 1. The molecule has 0 radical (unpaired) electrons. The zero-order valence-corrected chi connectivity index (χ0v) is 10.4. The summed E-state index contributed by atoms with van der Waals surface area (Å²) in [6.45, 7) is 2.09. The molecule has 1 heterocycles. The van der Waals surface area contributed by atoms with Crippen LogP contribution in [0.5, 0.6) is 11.5 Å². The predicted octanol–water partition coefficient (Wildman–Crippen LogP) is 1.27. The predicted molar refractivity (Wildman–Crippen MR) is 68.0 cm³/mol. The van der Waals surface area contributed by atoms with Crippen LogP contribution in [0.2, 0.25) is 0 Å². The van der Waals surface area contributed by atoms with E-state index < -0.39 is 0 Å². The van der Waals surface area contributed by atoms with Crippen LogP contribution in [-0.2, 0) is 0 Å². The van der Waals surface area contributed by atoms with E-state index in [-0.39, 0.29) is 12.0 Å². The van der Waals surface area contributed by atoms with Gasteiger partial charge in [0.2, 0.25) is 0 Å². The molecule has 0 aromatic heterocycles. The Morgan fingerprint density at radius 2 is 2.06 bits per heavy atom. The molecule has 3 rings (SSSR count). The van der Waals surface area contributed by atoms with Crippen LogP contribution in [0.15, 0.2) is 18.2 Å². The molecule has 4 heteroatoms. The number of aliphatic hydroxyl groups is 1. The fourth-order valence-electron chi connectivity index (χ4n) is 2.68. The summed E-state index contributed by atoms with van der Waals surface area (Å²) >= 11 is 0. The van der Waals surface area contributed by atoms with Gasteiger partial charge in [0.1, 0.15) is 0 Å². The van der Waals surface area contributed by atoms with Gasteiger partial charge < -0.3 is 20.3 Å². The lowest BCUT2D eigenvalue weighted by atomic mass is 10.00. The summed E-state index contributed by atoms with van der Waals surface area (Å²) in [7, 11) is 0. The van der Waals surface area contributed by atoms with Crippen molar-refractivity contribution in [3.8, 4) is 11.5 Å². The number of benzene rings is 1. The largest absolute Gasteiger partial charge is 0.490 e. The van der Waals surface area contributed by atoms with E-state index in [2.05, 4.69) is 6.07 Å². The van der Waals surface area contributed by atoms with Gasteiger partial charge in [0.05, 0.1) is 19.8 Å². The summed E-state index contributed by atoms with van der Waals surface area (Å²) in [5, 5.41) is 9.44. The molecule has 2 unspecified atom stereocenters. The van der Waals surface area contributed by atoms with E-state index in [0.717, 1.165) is 24.3 Å². The van der Waals surface area contributed by atoms with Crippen molar-refractivity contribution in [3.05, 3.63) is 23.8 Å². The van der Waals surface area contributed by atoms with Crippen LogP contribution >= 0.6 is 0 Å². The maximum Gasteiger partial charge on any atom is 0.161 e. The van der Waals surface area contributed by atoms with Crippen LogP contribution in [-0.4, -0.2) is 31.5 Å². The summed E-state index contributed by atoms with van der Waals surface area (Å²) in [6, 6.07) is 6.07. The van der Waals surface area contributed by atoms with Crippen molar-refractivity contribution in [3.63, 3.8) is 0 Å². The molecule has 0 saturated heterocycles. The van der Waals surface area contributed by atoms with E-state index in [1.807, 2.05) is 12.1 Å². The minimum absolute atomic E-state index is 0.111. The van der Waals surface area contributed by atoms with Crippen LogP contribution in [0.1, 0.15) is 24.3 Å². The normalized spacial score (nSPS) is 29.8. The van der Waals surface area contributed by atoms with Gasteiger partial charge in [-0.05, 0) is 30.0 Å². The Hall–Kier alpha value is -1.26. The van der Waals surface area contributed by atoms with Crippen LogP contribution in [0.25, 0.3) is 0 Å². The molecule has 3 N–H and O–H groups in total. The number of nitrogens with two attached hydrogens (primary N) is 1. The second kappa shape index (κ2) is 4.44. The first-order chi connectivity index (χ1) is 8.79. The lowest BCUT2D eigenvalue weighted by Gasteiger charge is -2.13. The third kappa shape index (κ3) is 1.85. The third-order valence-corrected chi connectivity index (χ3v) is 4.09. The molecule has 0 bridgehead atoms. The molecule has 1 aromatic carbocycles. The van der Waals surface area contributed by atoms with Gasteiger partial charge in [0, 0.05) is 18.4 Å². The highest BCUT2D eigenvalue weighted by molar-refractivity contribution is 5.46. The van der Waals surface area contributed by atoms with Crippen molar-refractivity contribution in [2.45, 2.75) is 18.8 Å². The molecule has 98 valence electrons. The van der Waals surface area contributed by atoms with E-state index in [1.165, 1.54) is 5.56 Å². The third-order valence-electron chi connectivity index (χ3n) is 4.09. The molecule has 1 aliphatic heterocycles. The van der Waals surface area contributed by atoms with Gasteiger partial charge in [-0.3, -0.25) is 0 Å². The number of hydrogen-bond donors (Lipinski definition) is 2. The minimum atomic E-state index is -0.111. The molecular weight excluding hydrogens is 230 g/mol. The lowest BCUT2D eigenvalue weighted by molar-refractivity contribution is 0.211. The maximum atomic E-state index is 9.44. The number of ether oxygens (including phenoxy) is 2. The monoisotopic (exact) mass is 249 g/mol. The van der Waals surface area contributed by atoms with E-state index in [4.69, 9.17) is 15.2 Å². The molecule has 2 aliphatic rings. The Bertz CT molecular complexity index is 443. The van der Waals surface area contributed by atoms with E-state index >= 15 is 0 Å². The zero-order valence-electron chi connectivity index (χ0n) is 10.4. The van der Waals surface area contributed by atoms with Crippen molar-refractivity contribution in [1.29, 1.82) is 0 Å². The zero-order chi connectivity index (χ0) is 12.6. The molecule has 2 atom stereocenters. The summed E-state index contributed by atoms with van der Waals surface area (Å²) in [6.07, 6.45) is 1.87. The fourth-order valence-corrected chi connectivity index (χ4v) is 2.68. The molecule has 1 fully saturated rings. The van der Waals surface area contributed by atoms with Crippen molar-refractivity contribution in [2.24, 2.45) is 11.1 Å². The van der Waals surface area contributed by atoms with E-state index in [9.17, 15) is 5.11 Å². The molecule has 18 heavy (non-hydrogen) atoms. The van der Waals surface area contributed by atoms with Gasteiger partial charge >= 0.3 is 0 Å². The molecule has 1 aliphatic carbocycles. The second-order valence-corrected chi connectivity index (χ2v) is 5.24. The topological polar surface area (TPSA) is 64.7 Å². The van der Waals surface area contributed by atoms with Gasteiger partial charge in [0.15, 0.2) is 11.5 Å². The van der Waals surface area contributed by atoms with E-state index in [0.29, 0.717) is 25.7 Å². The van der Waals surface area contributed by atoms with Crippen LogP contribution < -0.4 is 15.2 Å². The highest BCUT2D eigenvalue weighted by Gasteiger charge is 2.53. The quantitative estimate of drug-likeness (QED) is 0.846. The maximum absolute atomic E-state index is 9.44. The lowest BCUT2D eigenvalue weighted by Crippen LogP contribution is -2.21. The molecule has 0 amide bonds. The SMILES string of the molecule is NCC1(CO)CC1c1ccc2c(c1)OCCCO2. The fraction of sp³-hybridized carbons (Fsp3) is 0.571. The van der Waals surface area contributed by atoms with Crippen molar-refractivity contribution in [2.75, 3.05) is 26.4 Å². The average Bonchev–Trinajstić information content (AvgIpc) is 3.18. The summed E-state index contributed by atoms with van der Waals surface area (Å²) in [4.78, 5) is 0. The van der Waals surface area contributed by atoms with Gasteiger partial charge in [-0.1, -0.05) is 6.07 Å². The number of rotatable bonds is 3. The van der Waals surface area contributed by atoms with Crippen LogP contribution in [0.3, 0.4) is 0 Å². The van der Waals surface area contributed by atoms with Gasteiger partial charge in [-0.2, -0.15) is 0 Å². The molecule has 1 aromatic rings. The smallest absolute Gasteiger partial charge is 0.161 e. The summed E-state index contributed by atoms with van der Waals surface area (Å²) in [5.74, 6) is 1.99. The average molecular weight is 249 g/mol. The molecule has 1 saturated carbocycles. The van der Waals surface area contributed by atoms with Gasteiger partial charge in [0.25, 0.3) is 0 Å². The summed E-state index contributed by atoms with van der Waals surface area (Å²) < 4.78 is 11.3. The summed E-state index contributed by atoms with van der Waals surface area (Å²) in [5.41, 5.74) is 6.84. The second-order valence-electron chi connectivity index (χ2n) is 5.24. The standard InChI is InChI=1S/C14H19NO3/c15-8-14(9-16)7-11(14)10-2-3-12-13(6-10)18-5-1-4-17-12/h2-3,6,11,16H,1,4-5,7-9,15H2. The van der Waals surface area contributed by atoms with Crippen molar-refractivity contribution in [1.82, 2.24) is 0 Å². The van der Waals surface area contributed by atoms with E-state index in [1.54, 1.807) is 0 Å². The van der Waals surface area contributed by atoms with Crippen molar-refractivity contribution < 1.29 is 14.6 Å². The number of hydrogen-bond acceptors (Lipinski definition) is 4. The molecule has 4 nitrogen and oxygen atoms in total. The highest BCUT2D eigenvalue weighted by atomic mass is 16.5. The first-order valence-electron chi connectivity index (χ1n) is 6.49. The Kier molecular flexibility index (Phi) is 2.92. The first-order valence-corrected chi connectivity index (χ1v) is 6.49. The number of aliphatic hydroxyl groups excluding tert-OH is 1.